The standard InChI is InChI=1S/C23H32N2O5S/c1-23(2,3)30-22(27)25-13-10-17(11-14-25)6-4-5-7-21(26)24-19-8-9-20-18(16-19)12-15-31(20,28)29/h8-9,12,15-17H,4-7,10-11,13-14H2,1-3H3,(H,24,26). The van der Waals surface area contributed by atoms with Crippen molar-refractivity contribution >= 4 is 33.6 Å². The molecule has 1 fully saturated rings. The van der Waals surface area contributed by atoms with Gasteiger partial charge in [0, 0.05) is 30.6 Å². The van der Waals surface area contributed by atoms with Crippen molar-refractivity contribution in [3.05, 3.63) is 29.2 Å². The van der Waals surface area contributed by atoms with Gasteiger partial charge in [-0.25, -0.2) is 13.2 Å². The molecule has 170 valence electrons. The first kappa shape index (κ1) is 23.3. The van der Waals surface area contributed by atoms with E-state index in [2.05, 4.69) is 5.32 Å². The maximum atomic E-state index is 12.2. The molecule has 1 aromatic carbocycles. The van der Waals surface area contributed by atoms with Crippen molar-refractivity contribution in [2.75, 3.05) is 18.4 Å². The summed E-state index contributed by atoms with van der Waals surface area (Å²) in [5, 5.41) is 4.03. The highest BCUT2D eigenvalue weighted by molar-refractivity contribution is 7.94. The summed E-state index contributed by atoms with van der Waals surface area (Å²) >= 11 is 0. The van der Waals surface area contributed by atoms with Crippen molar-refractivity contribution in [2.45, 2.75) is 69.8 Å². The number of nitrogens with zero attached hydrogens (tertiary/aromatic N) is 1. The molecule has 0 atom stereocenters. The highest BCUT2D eigenvalue weighted by atomic mass is 32.2. The minimum atomic E-state index is -3.32. The van der Waals surface area contributed by atoms with Crippen LogP contribution in [0.2, 0.25) is 0 Å². The molecule has 2 aliphatic rings. The average Bonchev–Trinajstić information content (AvgIpc) is 2.98. The van der Waals surface area contributed by atoms with Crippen LogP contribution in [-0.4, -0.2) is 44.0 Å². The summed E-state index contributed by atoms with van der Waals surface area (Å²) in [6.45, 7) is 7.07. The monoisotopic (exact) mass is 448 g/mol. The smallest absolute Gasteiger partial charge is 0.410 e. The maximum Gasteiger partial charge on any atom is 0.410 e. The summed E-state index contributed by atoms with van der Waals surface area (Å²) < 4.78 is 29.0. The van der Waals surface area contributed by atoms with E-state index in [1.807, 2.05) is 20.8 Å². The second-order valence-electron chi connectivity index (χ2n) is 9.31. The van der Waals surface area contributed by atoms with Crippen LogP contribution in [0.1, 0.15) is 64.9 Å². The van der Waals surface area contributed by atoms with E-state index >= 15 is 0 Å². The number of likely N-dealkylation sites (tertiary alicyclic amines) is 1. The zero-order valence-corrected chi connectivity index (χ0v) is 19.3. The molecule has 0 bridgehead atoms. The quantitative estimate of drug-likeness (QED) is 0.643. The first-order valence-electron chi connectivity index (χ1n) is 10.9. The van der Waals surface area contributed by atoms with Gasteiger partial charge in [0.2, 0.25) is 5.91 Å². The van der Waals surface area contributed by atoms with Gasteiger partial charge in [-0.1, -0.05) is 12.8 Å². The number of hydrogen-bond acceptors (Lipinski definition) is 5. The Bertz CT molecular complexity index is 955. The topological polar surface area (TPSA) is 92.8 Å². The number of rotatable bonds is 6. The van der Waals surface area contributed by atoms with Crippen LogP contribution in [0.4, 0.5) is 10.5 Å². The van der Waals surface area contributed by atoms with Crippen molar-refractivity contribution in [1.29, 1.82) is 0 Å². The number of carbonyl (C=O) groups excluding carboxylic acids is 2. The van der Waals surface area contributed by atoms with E-state index in [-0.39, 0.29) is 16.9 Å². The van der Waals surface area contributed by atoms with Gasteiger partial charge in [0.1, 0.15) is 5.60 Å². The summed E-state index contributed by atoms with van der Waals surface area (Å²) in [5.41, 5.74) is 0.749. The highest BCUT2D eigenvalue weighted by Crippen LogP contribution is 2.29. The van der Waals surface area contributed by atoms with Crippen LogP contribution >= 0.6 is 0 Å². The van der Waals surface area contributed by atoms with Crippen LogP contribution in [0.15, 0.2) is 28.5 Å². The van der Waals surface area contributed by atoms with E-state index in [9.17, 15) is 18.0 Å². The molecule has 0 radical (unpaired) electrons. The minimum absolute atomic E-state index is 0.0653. The molecule has 0 spiro atoms. The molecule has 7 nitrogen and oxygen atoms in total. The summed E-state index contributed by atoms with van der Waals surface area (Å²) in [6.07, 6.45) is 6.51. The van der Waals surface area contributed by atoms with Crippen LogP contribution in [0.3, 0.4) is 0 Å². The molecule has 1 saturated heterocycles. The Morgan fingerprint density at radius 1 is 1.16 bits per heavy atom. The van der Waals surface area contributed by atoms with E-state index in [0.29, 0.717) is 23.6 Å². The van der Waals surface area contributed by atoms with E-state index in [1.165, 1.54) is 11.5 Å². The number of fused-ring (bicyclic) bond motifs is 1. The number of piperidine rings is 1. The second-order valence-corrected chi connectivity index (χ2v) is 11.1. The number of unbranched alkanes of at least 4 members (excludes halogenated alkanes) is 1. The normalized spacial score (nSPS) is 18.0. The lowest BCUT2D eigenvalue weighted by atomic mass is 9.91. The summed E-state index contributed by atoms with van der Waals surface area (Å²) in [7, 11) is -3.32. The van der Waals surface area contributed by atoms with Gasteiger partial charge in [-0.05, 0) is 75.8 Å². The van der Waals surface area contributed by atoms with Crippen molar-refractivity contribution in [3.63, 3.8) is 0 Å². The number of hydrogen-bond donors (Lipinski definition) is 1. The van der Waals surface area contributed by atoms with Crippen LogP contribution in [0, 0.1) is 5.92 Å². The van der Waals surface area contributed by atoms with Gasteiger partial charge in [0.25, 0.3) is 0 Å². The lowest BCUT2D eigenvalue weighted by molar-refractivity contribution is -0.116. The van der Waals surface area contributed by atoms with Gasteiger partial charge in [-0.2, -0.15) is 0 Å². The summed E-state index contributed by atoms with van der Waals surface area (Å²) in [5.74, 6) is 0.511. The van der Waals surface area contributed by atoms with Gasteiger partial charge >= 0.3 is 6.09 Å². The molecular weight excluding hydrogens is 416 g/mol. The highest BCUT2D eigenvalue weighted by Gasteiger charge is 2.26. The average molecular weight is 449 g/mol. The van der Waals surface area contributed by atoms with Crippen molar-refractivity contribution in [3.8, 4) is 0 Å². The van der Waals surface area contributed by atoms with E-state index in [0.717, 1.165) is 45.2 Å². The van der Waals surface area contributed by atoms with Gasteiger partial charge in [0.05, 0.1) is 4.90 Å². The molecular formula is C23H32N2O5S. The number of benzene rings is 1. The van der Waals surface area contributed by atoms with Crippen molar-refractivity contribution < 1.29 is 22.7 Å². The zero-order valence-electron chi connectivity index (χ0n) is 18.5. The fourth-order valence-corrected chi connectivity index (χ4v) is 5.11. The fraction of sp³-hybridized carbons (Fsp3) is 0.565. The van der Waals surface area contributed by atoms with Crippen LogP contribution in [0.25, 0.3) is 6.08 Å². The molecule has 3 rings (SSSR count). The molecule has 0 aromatic heterocycles. The van der Waals surface area contributed by atoms with E-state index < -0.39 is 15.4 Å². The molecule has 0 saturated carbocycles. The number of anilines is 1. The molecule has 0 aliphatic carbocycles. The number of carbonyl (C=O) groups is 2. The first-order chi connectivity index (χ1) is 14.5. The Hall–Kier alpha value is -2.35. The predicted molar refractivity (Wildman–Crippen MR) is 120 cm³/mol. The molecule has 0 unspecified atom stereocenters. The molecule has 8 heteroatoms. The third-order valence-electron chi connectivity index (χ3n) is 5.56. The van der Waals surface area contributed by atoms with Gasteiger partial charge in [0.15, 0.2) is 9.84 Å². The Morgan fingerprint density at radius 3 is 2.55 bits per heavy atom. The lowest BCUT2D eigenvalue weighted by Gasteiger charge is -2.33. The first-order valence-corrected chi connectivity index (χ1v) is 12.4. The largest absolute Gasteiger partial charge is 0.444 e. The van der Waals surface area contributed by atoms with Crippen molar-refractivity contribution in [2.24, 2.45) is 5.92 Å². The molecule has 1 aromatic rings. The van der Waals surface area contributed by atoms with Gasteiger partial charge in [-0.3, -0.25) is 4.79 Å². The van der Waals surface area contributed by atoms with E-state index in [4.69, 9.17) is 4.74 Å². The fourth-order valence-electron chi connectivity index (χ4n) is 3.92. The lowest BCUT2D eigenvalue weighted by Crippen LogP contribution is -2.41. The molecule has 2 amide bonds. The van der Waals surface area contributed by atoms with E-state index in [1.54, 1.807) is 23.1 Å². The number of sulfone groups is 1. The molecule has 2 aliphatic heterocycles. The zero-order chi connectivity index (χ0) is 22.6. The molecule has 31 heavy (non-hydrogen) atoms. The number of nitrogens with one attached hydrogen (secondary N) is 1. The van der Waals surface area contributed by atoms with Crippen LogP contribution in [-0.2, 0) is 19.4 Å². The third-order valence-corrected chi connectivity index (χ3v) is 7.04. The molecule has 2 heterocycles. The van der Waals surface area contributed by atoms with Crippen LogP contribution in [0.5, 0.6) is 0 Å². The third kappa shape index (κ3) is 6.56. The Labute approximate surface area is 184 Å². The predicted octanol–water partition coefficient (Wildman–Crippen LogP) is 4.59. The number of ether oxygens (including phenoxy) is 1. The van der Waals surface area contributed by atoms with Gasteiger partial charge in [-0.15, -0.1) is 0 Å². The summed E-state index contributed by atoms with van der Waals surface area (Å²) in [6, 6.07) is 4.84. The SMILES string of the molecule is CC(C)(C)OC(=O)N1CCC(CCCCC(=O)Nc2ccc3c(c2)C=CS3(=O)=O)CC1. The Morgan fingerprint density at radius 2 is 1.87 bits per heavy atom. The summed E-state index contributed by atoms with van der Waals surface area (Å²) in [4.78, 5) is 26.4. The maximum absolute atomic E-state index is 12.2. The Balaban J connectivity index is 1.33. The molecule has 1 N–H and O–H groups in total. The van der Waals surface area contributed by atoms with Crippen molar-refractivity contribution in [1.82, 2.24) is 4.90 Å². The minimum Gasteiger partial charge on any atom is -0.444 e. The van der Waals surface area contributed by atoms with Gasteiger partial charge < -0.3 is 15.0 Å². The second kappa shape index (κ2) is 9.42. The number of amides is 2. The Kier molecular flexibility index (Phi) is 7.09. The van der Waals surface area contributed by atoms with Crippen LogP contribution < -0.4 is 5.32 Å².